The van der Waals surface area contributed by atoms with Crippen LogP contribution in [0.3, 0.4) is 0 Å². The van der Waals surface area contributed by atoms with Crippen molar-refractivity contribution in [3.05, 3.63) is 0 Å². The Kier molecular flexibility index (Phi) is 46.5. The minimum Gasteiger partial charge on any atom is -0.481 e. The monoisotopic (exact) mass is 1110 g/mol. The number of carboxylic acids is 4. The highest BCUT2D eigenvalue weighted by Crippen LogP contribution is 2.36. The Hall–Kier alpha value is -0.599. The molecule has 0 aliphatic heterocycles. The summed E-state index contributed by atoms with van der Waals surface area (Å²) < 4.78 is 5.77. The summed E-state index contributed by atoms with van der Waals surface area (Å²) in [5, 5.41) is 36.4. The third kappa shape index (κ3) is 47.1. The molecule has 70 heavy (non-hydrogen) atoms. The second-order valence-electron chi connectivity index (χ2n) is 21.2. The normalized spacial score (nSPS) is 12.1. The van der Waals surface area contributed by atoms with Gasteiger partial charge in [0.25, 0.3) is 0 Å². The average Bonchev–Trinajstić information content (AvgIpc) is 3.29. The van der Waals surface area contributed by atoms with E-state index in [9.17, 15) is 24.0 Å². The molecule has 0 amide bonds. The van der Waals surface area contributed by atoms with Gasteiger partial charge in [0.05, 0.1) is 56.5 Å². The van der Waals surface area contributed by atoms with Gasteiger partial charge < -0.3 is 25.2 Å². The Morgan fingerprint density at radius 1 is 0.329 bits per heavy atom. The molecule has 0 unspecified atom stereocenters. The van der Waals surface area contributed by atoms with Crippen molar-refractivity contribution in [2.24, 2.45) is 0 Å². The minimum absolute atomic E-state index is 0.0438. The molecule has 0 radical (unpaired) electrons. The van der Waals surface area contributed by atoms with Gasteiger partial charge in [0.1, 0.15) is 0 Å². The summed E-state index contributed by atoms with van der Waals surface area (Å²) in [5.41, 5.74) is 0. The number of thioether (sulfide) groups is 4. The molecule has 0 heterocycles. The third-order valence-electron chi connectivity index (χ3n) is 14.2. The molecule has 0 aliphatic carbocycles. The number of esters is 1. The molecule has 0 aromatic carbocycles. The number of ether oxygens (including phenoxy) is 1. The van der Waals surface area contributed by atoms with Crippen LogP contribution in [0.4, 0.5) is 0 Å². The molecule has 412 valence electrons. The number of hydrogen-bond acceptors (Lipinski definition) is 10. The number of rotatable bonds is 55. The quantitative estimate of drug-likeness (QED) is 0.0257. The molecular weight excluding hydrogens is 1010 g/mol. The maximum atomic E-state index is 12.7. The lowest BCUT2D eigenvalue weighted by Gasteiger charge is -2.33. The van der Waals surface area contributed by atoms with E-state index in [4.69, 9.17) is 25.2 Å². The summed E-state index contributed by atoms with van der Waals surface area (Å²) in [5.74, 6) is 3.68. The zero-order valence-corrected chi connectivity index (χ0v) is 51.3. The maximum Gasteiger partial charge on any atom is 0.305 e. The van der Waals surface area contributed by atoms with E-state index >= 15 is 0 Å². The Balaban J connectivity index is 5.52. The van der Waals surface area contributed by atoms with Crippen LogP contribution >= 0.6 is 47.0 Å². The number of carbonyl (C=O) groups excluding carboxylic acids is 1. The van der Waals surface area contributed by atoms with Crippen LogP contribution in [0.1, 0.15) is 174 Å². The second-order valence-corrected chi connectivity index (χ2v) is 41.5. The van der Waals surface area contributed by atoms with Crippen LogP contribution in [0.25, 0.3) is 0 Å². The minimum atomic E-state index is -1.65. The summed E-state index contributed by atoms with van der Waals surface area (Å²) in [7, 11) is -4.81. The highest BCUT2D eigenvalue weighted by Gasteiger charge is 2.32. The Morgan fingerprint density at radius 2 is 0.600 bits per heavy atom. The van der Waals surface area contributed by atoms with E-state index in [0.717, 1.165) is 74.4 Å². The first-order valence-corrected chi connectivity index (χ1v) is 41.9. The van der Waals surface area contributed by atoms with Gasteiger partial charge in [-0.05, 0) is 61.5 Å². The molecule has 0 rings (SSSR count). The number of carbonyl (C=O) groups is 5. The van der Waals surface area contributed by atoms with E-state index in [2.05, 4.69) is 26.6 Å². The van der Waals surface area contributed by atoms with Gasteiger partial charge in [-0.25, -0.2) is 0 Å². The molecule has 0 aliphatic rings. The third-order valence-corrected chi connectivity index (χ3v) is 32.5. The molecule has 4 N–H and O–H groups in total. The second kappa shape index (κ2) is 46.9. The van der Waals surface area contributed by atoms with Crippen LogP contribution in [0.2, 0.25) is 74.0 Å². The number of hydrogen-bond donors (Lipinski definition) is 4. The van der Waals surface area contributed by atoms with E-state index in [1.54, 1.807) is 47.0 Å². The summed E-state index contributed by atoms with van der Waals surface area (Å²) >= 11 is 7.03. The van der Waals surface area contributed by atoms with E-state index in [-0.39, 0.29) is 31.7 Å². The highest BCUT2D eigenvalue weighted by atomic mass is 32.2. The van der Waals surface area contributed by atoms with Crippen molar-refractivity contribution in [1.82, 2.24) is 0 Å². The van der Waals surface area contributed by atoms with Gasteiger partial charge in [0.15, 0.2) is 0 Å². The topological polar surface area (TPSA) is 176 Å². The first-order valence-electron chi connectivity index (χ1n) is 27.9. The number of unbranched alkanes of at least 4 members (excludes halogenated alkanes) is 13. The van der Waals surface area contributed by atoms with Gasteiger partial charge >= 0.3 is 29.8 Å². The predicted molar refractivity (Wildman–Crippen MR) is 315 cm³/mol. The van der Waals surface area contributed by atoms with E-state index in [0.29, 0.717) is 36.0 Å². The Morgan fingerprint density at radius 3 is 0.900 bits per heavy atom. The summed E-state index contributed by atoms with van der Waals surface area (Å²) in [6.07, 6.45) is 27.2. The summed E-state index contributed by atoms with van der Waals surface area (Å²) in [6, 6.07) is 11.5. The van der Waals surface area contributed by atoms with Crippen LogP contribution < -0.4 is 0 Å². The van der Waals surface area contributed by atoms with Crippen molar-refractivity contribution in [1.29, 1.82) is 0 Å². The molecule has 0 saturated carbocycles. The van der Waals surface area contributed by atoms with Crippen molar-refractivity contribution in [2.75, 3.05) is 52.6 Å². The largest absolute Gasteiger partial charge is 0.481 e. The average molecular weight is 1110 g/mol. The first-order chi connectivity index (χ1) is 33.5. The summed E-state index contributed by atoms with van der Waals surface area (Å²) in [4.78, 5) is 56.9. The lowest BCUT2D eigenvalue weighted by molar-refractivity contribution is -0.144. The van der Waals surface area contributed by atoms with Crippen molar-refractivity contribution < 1.29 is 49.1 Å². The zero-order chi connectivity index (χ0) is 52.0. The van der Waals surface area contributed by atoms with E-state index in [1.807, 2.05) is 0 Å². The maximum absolute atomic E-state index is 12.7. The SMILES string of the molecule is CCCCCCCCCCCCCCCC(=O)OCCCC[Si](C)(CCC[Si](C)(CCCSCCC(=O)O)CCCSCCC(=O)O)CCC[Si](C)(CCCSCCC(=O)O)CCCSCCC(=O)O. The highest BCUT2D eigenvalue weighted by molar-refractivity contribution is 7.99. The van der Waals surface area contributed by atoms with Gasteiger partial charge in [0.2, 0.25) is 0 Å². The van der Waals surface area contributed by atoms with Crippen molar-refractivity contribution in [3.8, 4) is 0 Å². The van der Waals surface area contributed by atoms with Crippen LogP contribution in [0.15, 0.2) is 0 Å². The standard InChI is InChI=1S/C53H104O10S4Si3/c1-5-6-7-8-9-10-11-12-13-14-15-16-17-26-53(62)63-31-18-19-40-68(2,45-24-47-69(3,41-20-32-64-36-27-49(54)55)42-21-33-65-37-28-50(56)57)46-25-48-70(4,43-22-34-66-38-29-51(58)59)44-23-35-67-39-30-52(60)61/h5-48H2,1-4H3,(H,54,55)(H,56,57)(H,58,59)(H,60,61). The van der Waals surface area contributed by atoms with E-state index < -0.39 is 48.1 Å². The van der Waals surface area contributed by atoms with Gasteiger partial charge in [-0.2, -0.15) is 47.0 Å². The van der Waals surface area contributed by atoms with Crippen LogP contribution in [-0.4, -0.2) is 127 Å². The summed E-state index contributed by atoms with van der Waals surface area (Å²) in [6.45, 7) is 10.6. The number of aliphatic carboxylic acids is 4. The fraction of sp³-hybridized carbons (Fsp3) is 0.906. The molecule has 0 spiro atoms. The molecule has 0 saturated heterocycles. The van der Waals surface area contributed by atoms with Crippen LogP contribution in [0, 0.1) is 0 Å². The van der Waals surface area contributed by atoms with Crippen LogP contribution in [-0.2, 0) is 28.7 Å². The lowest BCUT2D eigenvalue weighted by atomic mass is 10.0. The number of carboxylic acid groups (broad SMARTS) is 4. The van der Waals surface area contributed by atoms with Gasteiger partial charge in [-0.3, -0.25) is 24.0 Å². The fourth-order valence-electron chi connectivity index (χ4n) is 9.66. The molecule has 17 heteroatoms. The molecule has 0 aromatic heterocycles. The van der Waals surface area contributed by atoms with Crippen molar-refractivity contribution in [3.63, 3.8) is 0 Å². The molecular formula is C53H104O10S4Si3. The van der Waals surface area contributed by atoms with Gasteiger partial charge in [0, 0.05) is 29.4 Å². The Labute approximate surface area is 447 Å². The zero-order valence-electron chi connectivity index (χ0n) is 45.0. The molecule has 0 fully saturated rings. The fourth-order valence-corrected chi connectivity index (χ4v) is 26.5. The molecule has 0 bridgehead atoms. The predicted octanol–water partition coefficient (Wildman–Crippen LogP) is 16.2. The molecule has 10 nitrogen and oxygen atoms in total. The lowest BCUT2D eigenvalue weighted by Crippen LogP contribution is -2.35. The first kappa shape index (κ1) is 69.4. The van der Waals surface area contributed by atoms with Crippen molar-refractivity contribution in [2.45, 2.75) is 248 Å². The van der Waals surface area contributed by atoms with Gasteiger partial charge in [-0.1, -0.05) is 177 Å². The van der Waals surface area contributed by atoms with E-state index in [1.165, 1.54) is 138 Å². The smallest absolute Gasteiger partial charge is 0.305 e. The molecule has 0 atom stereocenters. The van der Waals surface area contributed by atoms with Crippen molar-refractivity contribution >= 4 is 101 Å². The van der Waals surface area contributed by atoms with Gasteiger partial charge in [-0.15, -0.1) is 0 Å². The van der Waals surface area contributed by atoms with Crippen LogP contribution in [0.5, 0.6) is 0 Å². The Bertz CT molecular complexity index is 1210. The molecule has 0 aromatic rings.